The molecular formula is C21H41N3O4. The van der Waals surface area contributed by atoms with Crippen LogP contribution in [-0.2, 0) is 19.1 Å². The van der Waals surface area contributed by atoms with Gasteiger partial charge in [0, 0.05) is 39.3 Å². The van der Waals surface area contributed by atoms with Crippen molar-refractivity contribution in [2.75, 3.05) is 65.6 Å². The van der Waals surface area contributed by atoms with E-state index in [4.69, 9.17) is 9.47 Å². The van der Waals surface area contributed by atoms with Gasteiger partial charge >= 0.3 is 11.9 Å². The molecule has 0 unspecified atom stereocenters. The molecule has 7 heteroatoms. The van der Waals surface area contributed by atoms with Gasteiger partial charge in [-0.2, -0.15) is 0 Å². The van der Waals surface area contributed by atoms with Crippen molar-refractivity contribution in [1.29, 1.82) is 0 Å². The average molecular weight is 400 g/mol. The van der Waals surface area contributed by atoms with Crippen LogP contribution < -0.4 is 5.32 Å². The molecule has 1 N–H and O–H groups in total. The second-order valence-electron chi connectivity index (χ2n) is 7.43. The van der Waals surface area contributed by atoms with Gasteiger partial charge in [-0.25, -0.2) is 0 Å². The average Bonchev–Trinajstić information content (AvgIpc) is 2.70. The van der Waals surface area contributed by atoms with Crippen LogP contribution in [-0.4, -0.2) is 87.3 Å². The quantitative estimate of drug-likeness (QED) is 0.315. The zero-order valence-corrected chi connectivity index (χ0v) is 18.0. The van der Waals surface area contributed by atoms with E-state index < -0.39 is 0 Å². The fourth-order valence-corrected chi connectivity index (χ4v) is 3.03. The third-order valence-corrected chi connectivity index (χ3v) is 4.95. The van der Waals surface area contributed by atoms with E-state index in [-0.39, 0.29) is 11.9 Å². The monoisotopic (exact) mass is 399 g/mol. The van der Waals surface area contributed by atoms with E-state index in [1.165, 1.54) is 0 Å². The van der Waals surface area contributed by atoms with Crippen LogP contribution in [0.3, 0.4) is 0 Å². The molecule has 0 spiro atoms. The normalized spacial score (nSPS) is 15.5. The SMILES string of the molecule is CCCCOC(=O)CCNCCCN1CCN(CCC(=O)OCCCC)CC1. The molecule has 0 radical (unpaired) electrons. The fourth-order valence-electron chi connectivity index (χ4n) is 3.03. The van der Waals surface area contributed by atoms with Gasteiger partial charge in [-0.1, -0.05) is 26.7 Å². The molecule has 0 amide bonds. The highest BCUT2D eigenvalue weighted by molar-refractivity contribution is 5.69. The molecule has 1 fully saturated rings. The van der Waals surface area contributed by atoms with Crippen LogP contribution in [0.25, 0.3) is 0 Å². The van der Waals surface area contributed by atoms with Gasteiger partial charge in [0.2, 0.25) is 0 Å². The standard InChI is InChI=1S/C21H41N3O4/c1-3-5-18-27-20(25)8-11-22-10-7-12-23-14-16-24(17-15-23)13-9-21(26)28-19-6-4-2/h22H,3-19H2,1-2H3. The number of piperazine rings is 1. The number of ether oxygens (including phenoxy) is 2. The molecule has 28 heavy (non-hydrogen) atoms. The van der Waals surface area contributed by atoms with Crippen LogP contribution in [0, 0.1) is 0 Å². The summed E-state index contributed by atoms with van der Waals surface area (Å²) in [4.78, 5) is 28.0. The summed E-state index contributed by atoms with van der Waals surface area (Å²) in [6.07, 6.45) is 6.01. The lowest BCUT2D eigenvalue weighted by atomic mass is 10.2. The predicted octanol–water partition coefficient (Wildman–Crippen LogP) is 2.05. The summed E-state index contributed by atoms with van der Waals surface area (Å²) in [5.74, 6) is -0.178. The number of esters is 2. The number of nitrogens with zero attached hydrogens (tertiary/aromatic N) is 2. The van der Waals surface area contributed by atoms with Gasteiger partial charge in [0.15, 0.2) is 0 Å². The van der Waals surface area contributed by atoms with E-state index in [1.807, 2.05) is 0 Å². The van der Waals surface area contributed by atoms with E-state index >= 15 is 0 Å². The molecule has 0 aromatic heterocycles. The molecule has 7 nitrogen and oxygen atoms in total. The van der Waals surface area contributed by atoms with Crippen molar-refractivity contribution in [3.63, 3.8) is 0 Å². The van der Waals surface area contributed by atoms with Gasteiger partial charge in [-0.3, -0.25) is 9.59 Å². The van der Waals surface area contributed by atoms with Gasteiger partial charge in [0.1, 0.15) is 0 Å². The second-order valence-corrected chi connectivity index (χ2v) is 7.43. The maximum absolute atomic E-state index is 11.7. The summed E-state index contributed by atoms with van der Waals surface area (Å²) >= 11 is 0. The zero-order valence-electron chi connectivity index (χ0n) is 18.0. The number of unbranched alkanes of at least 4 members (excludes halogenated alkanes) is 2. The minimum absolute atomic E-state index is 0.0730. The Kier molecular flexibility index (Phi) is 14.9. The Morgan fingerprint density at radius 1 is 0.750 bits per heavy atom. The maximum Gasteiger partial charge on any atom is 0.307 e. The van der Waals surface area contributed by atoms with Crippen molar-refractivity contribution < 1.29 is 19.1 Å². The van der Waals surface area contributed by atoms with Crippen molar-refractivity contribution in [1.82, 2.24) is 15.1 Å². The van der Waals surface area contributed by atoms with E-state index in [0.29, 0.717) is 32.6 Å². The Morgan fingerprint density at radius 2 is 1.29 bits per heavy atom. The lowest BCUT2D eigenvalue weighted by Crippen LogP contribution is -2.47. The van der Waals surface area contributed by atoms with Crippen LogP contribution in [0.2, 0.25) is 0 Å². The van der Waals surface area contributed by atoms with Gasteiger partial charge in [0.25, 0.3) is 0 Å². The molecule has 0 aromatic carbocycles. The Morgan fingerprint density at radius 3 is 1.86 bits per heavy atom. The highest BCUT2D eigenvalue weighted by atomic mass is 16.5. The molecule has 1 saturated heterocycles. The summed E-state index contributed by atoms with van der Waals surface area (Å²) in [6.45, 7) is 12.9. The van der Waals surface area contributed by atoms with E-state index in [0.717, 1.165) is 77.9 Å². The molecule has 1 heterocycles. The Labute approximate surface area is 171 Å². The van der Waals surface area contributed by atoms with E-state index in [9.17, 15) is 9.59 Å². The smallest absolute Gasteiger partial charge is 0.307 e. The highest BCUT2D eigenvalue weighted by Gasteiger charge is 2.17. The molecular weight excluding hydrogens is 358 g/mol. The molecule has 164 valence electrons. The van der Waals surface area contributed by atoms with Crippen LogP contribution in [0.5, 0.6) is 0 Å². The highest BCUT2D eigenvalue weighted by Crippen LogP contribution is 2.04. The van der Waals surface area contributed by atoms with Crippen LogP contribution in [0.1, 0.15) is 58.8 Å². The van der Waals surface area contributed by atoms with Crippen molar-refractivity contribution in [3.05, 3.63) is 0 Å². The molecule has 0 aromatic rings. The second kappa shape index (κ2) is 16.7. The van der Waals surface area contributed by atoms with Crippen molar-refractivity contribution >= 4 is 11.9 Å². The lowest BCUT2D eigenvalue weighted by molar-refractivity contribution is -0.144. The molecule has 1 aliphatic heterocycles. The topological polar surface area (TPSA) is 71.1 Å². The number of carbonyl (C=O) groups excluding carboxylic acids is 2. The van der Waals surface area contributed by atoms with Crippen molar-refractivity contribution in [2.24, 2.45) is 0 Å². The van der Waals surface area contributed by atoms with Crippen LogP contribution in [0.4, 0.5) is 0 Å². The first kappa shape index (κ1) is 24.9. The number of hydrogen-bond donors (Lipinski definition) is 1. The summed E-state index contributed by atoms with van der Waals surface area (Å²) < 4.78 is 10.3. The number of nitrogens with one attached hydrogen (secondary N) is 1. The molecule has 1 aliphatic rings. The predicted molar refractivity (Wildman–Crippen MR) is 111 cm³/mol. The lowest BCUT2D eigenvalue weighted by Gasteiger charge is -2.34. The molecule has 1 rings (SSSR count). The maximum atomic E-state index is 11.7. The van der Waals surface area contributed by atoms with E-state index in [1.54, 1.807) is 0 Å². The largest absolute Gasteiger partial charge is 0.466 e. The van der Waals surface area contributed by atoms with Crippen LogP contribution >= 0.6 is 0 Å². The summed E-state index contributed by atoms with van der Waals surface area (Å²) in [5, 5.41) is 3.32. The van der Waals surface area contributed by atoms with Crippen molar-refractivity contribution in [2.45, 2.75) is 58.8 Å². The Bertz CT molecular complexity index is 412. The summed E-state index contributed by atoms with van der Waals surface area (Å²) in [5.41, 5.74) is 0. The number of hydrogen-bond acceptors (Lipinski definition) is 7. The first-order valence-electron chi connectivity index (χ1n) is 11.1. The molecule has 0 atom stereocenters. The zero-order chi connectivity index (χ0) is 20.5. The minimum atomic E-state index is -0.105. The summed E-state index contributed by atoms with van der Waals surface area (Å²) in [6, 6.07) is 0. The van der Waals surface area contributed by atoms with Gasteiger partial charge in [0.05, 0.1) is 26.1 Å². The summed E-state index contributed by atoms with van der Waals surface area (Å²) in [7, 11) is 0. The number of rotatable bonds is 16. The Hall–Kier alpha value is -1.18. The van der Waals surface area contributed by atoms with Gasteiger partial charge in [-0.05, 0) is 32.4 Å². The van der Waals surface area contributed by atoms with Gasteiger partial charge < -0.3 is 24.6 Å². The first-order chi connectivity index (χ1) is 13.7. The van der Waals surface area contributed by atoms with E-state index in [2.05, 4.69) is 29.0 Å². The third kappa shape index (κ3) is 13.1. The third-order valence-electron chi connectivity index (χ3n) is 4.95. The number of carbonyl (C=O) groups is 2. The molecule has 0 saturated carbocycles. The Balaban J connectivity index is 1.94. The minimum Gasteiger partial charge on any atom is -0.466 e. The molecule has 0 aliphatic carbocycles. The first-order valence-corrected chi connectivity index (χ1v) is 11.1. The van der Waals surface area contributed by atoms with Crippen LogP contribution in [0.15, 0.2) is 0 Å². The van der Waals surface area contributed by atoms with Gasteiger partial charge in [-0.15, -0.1) is 0 Å². The fraction of sp³-hybridized carbons (Fsp3) is 0.905. The molecule has 0 bridgehead atoms. The van der Waals surface area contributed by atoms with Crippen molar-refractivity contribution in [3.8, 4) is 0 Å².